The van der Waals surface area contributed by atoms with E-state index in [-0.39, 0.29) is 10.8 Å². The summed E-state index contributed by atoms with van der Waals surface area (Å²) in [5.74, 6) is 0.891. The van der Waals surface area contributed by atoms with Crippen molar-refractivity contribution in [2.75, 3.05) is 61.5 Å². The third-order valence-electron chi connectivity index (χ3n) is 8.16. The number of sulfonamides is 1. The van der Waals surface area contributed by atoms with Crippen molar-refractivity contribution in [3.05, 3.63) is 77.4 Å². The Morgan fingerprint density at radius 3 is 2.12 bits per heavy atom. The van der Waals surface area contributed by atoms with Crippen molar-refractivity contribution in [3.63, 3.8) is 0 Å². The van der Waals surface area contributed by atoms with Crippen molar-refractivity contribution in [2.24, 2.45) is 5.14 Å². The monoisotopic (exact) mass is 577 g/mol. The Morgan fingerprint density at radius 1 is 0.854 bits per heavy atom. The second kappa shape index (κ2) is 12.0. The summed E-state index contributed by atoms with van der Waals surface area (Å²) in [7, 11) is -2.13. The number of anilines is 3. The number of aryl methyl sites for hydroxylation is 2. The molecule has 0 atom stereocenters. The van der Waals surface area contributed by atoms with Gasteiger partial charge in [-0.2, -0.15) is 0 Å². The summed E-state index contributed by atoms with van der Waals surface area (Å²) >= 11 is 0. The normalized spacial score (nSPS) is 16.5. The quantitative estimate of drug-likeness (QED) is 0.437. The van der Waals surface area contributed by atoms with Crippen molar-refractivity contribution >= 4 is 33.0 Å². The molecular weight excluding hydrogens is 538 g/mol. The van der Waals surface area contributed by atoms with Gasteiger partial charge in [-0.15, -0.1) is 0 Å². The first kappa shape index (κ1) is 28.8. The van der Waals surface area contributed by atoms with E-state index in [0.717, 1.165) is 54.2 Å². The number of benzene rings is 3. The van der Waals surface area contributed by atoms with Gasteiger partial charge in [-0.05, 0) is 68.1 Å². The molecule has 9 nitrogen and oxygen atoms in total. The Bertz CT molecular complexity index is 1510. The maximum absolute atomic E-state index is 13.7. The lowest BCUT2D eigenvalue weighted by molar-refractivity contribution is 0.0746. The number of para-hydroxylation sites is 3. The van der Waals surface area contributed by atoms with E-state index in [9.17, 15) is 13.2 Å². The summed E-state index contributed by atoms with van der Waals surface area (Å²) < 4.78 is 29.7. The lowest BCUT2D eigenvalue weighted by Crippen LogP contribution is -2.49. The van der Waals surface area contributed by atoms with Gasteiger partial charge in [0.05, 0.1) is 18.5 Å². The van der Waals surface area contributed by atoms with Crippen LogP contribution in [0.2, 0.25) is 0 Å². The van der Waals surface area contributed by atoms with Crippen molar-refractivity contribution in [3.8, 4) is 5.75 Å². The molecular formula is C31H39N5O4S. The minimum Gasteiger partial charge on any atom is -0.495 e. The van der Waals surface area contributed by atoms with Crippen LogP contribution in [0, 0.1) is 13.8 Å². The Morgan fingerprint density at radius 2 is 1.46 bits per heavy atom. The van der Waals surface area contributed by atoms with Crippen molar-refractivity contribution in [1.29, 1.82) is 0 Å². The van der Waals surface area contributed by atoms with E-state index in [1.807, 2.05) is 41.0 Å². The molecule has 0 radical (unpaired) electrons. The highest BCUT2D eigenvalue weighted by Gasteiger charge is 2.27. The summed E-state index contributed by atoms with van der Waals surface area (Å²) in [6, 6.07) is 19.3. The van der Waals surface area contributed by atoms with Gasteiger partial charge in [0.15, 0.2) is 0 Å². The minimum atomic E-state index is -3.84. The number of hydrogen-bond donors (Lipinski definition) is 2. The molecule has 10 heteroatoms. The number of carbonyl (C=O) groups is 1. The summed E-state index contributed by atoms with van der Waals surface area (Å²) in [5.41, 5.74) is 5.47. The van der Waals surface area contributed by atoms with Gasteiger partial charge in [0, 0.05) is 56.6 Å². The maximum atomic E-state index is 13.7. The predicted octanol–water partition coefficient (Wildman–Crippen LogP) is 4.00. The molecule has 2 saturated heterocycles. The standard InChI is InChI=1S/C31H39N5O4S/c1-22-20-23(2)26(33-24-12-14-34(15-13-24)27-8-4-6-10-29(27)40-3)21-25(22)31(37)36-18-16-35(17-19-36)28-9-5-7-11-30(28)41(32,38)39/h4-11,20-21,24,33H,12-19H2,1-3H3,(H2,32,38,39). The van der Waals surface area contributed by atoms with Crippen LogP contribution in [0.5, 0.6) is 5.75 Å². The van der Waals surface area contributed by atoms with E-state index in [2.05, 4.69) is 29.3 Å². The minimum absolute atomic E-state index is 0.00377. The third-order valence-corrected chi connectivity index (χ3v) is 9.12. The number of nitrogens with two attached hydrogens (primary N) is 1. The van der Waals surface area contributed by atoms with Gasteiger partial charge in [-0.1, -0.05) is 30.3 Å². The molecule has 5 rings (SSSR count). The molecule has 3 N–H and O–H groups in total. The number of nitrogens with zero attached hydrogens (tertiary/aromatic N) is 3. The number of ether oxygens (including phenoxy) is 1. The summed E-state index contributed by atoms with van der Waals surface area (Å²) in [6.45, 7) is 7.95. The molecule has 0 aromatic heterocycles. The Balaban J connectivity index is 1.23. The first-order valence-corrected chi connectivity index (χ1v) is 15.6. The zero-order valence-electron chi connectivity index (χ0n) is 24.0. The Labute approximate surface area is 242 Å². The van der Waals surface area contributed by atoms with Gasteiger partial charge in [0.1, 0.15) is 10.6 Å². The van der Waals surface area contributed by atoms with Crippen molar-refractivity contribution < 1.29 is 17.9 Å². The highest BCUT2D eigenvalue weighted by atomic mass is 32.2. The Kier molecular flexibility index (Phi) is 8.42. The number of methoxy groups -OCH3 is 1. The molecule has 218 valence electrons. The SMILES string of the molecule is COc1ccccc1N1CCC(Nc2cc(C(=O)N3CCN(c4ccccc4S(N)(=O)=O)CC3)c(C)cc2C)CC1. The van der Waals surface area contributed by atoms with Crippen molar-refractivity contribution in [1.82, 2.24) is 4.90 Å². The van der Waals surface area contributed by atoms with Gasteiger partial charge >= 0.3 is 0 Å². The van der Waals surface area contributed by atoms with Crippen LogP contribution < -0.4 is 25.0 Å². The van der Waals surface area contributed by atoms with E-state index < -0.39 is 10.0 Å². The lowest BCUT2D eigenvalue weighted by atomic mass is 9.99. The highest BCUT2D eigenvalue weighted by Crippen LogP contribution is 2.32. The van der Waals surface area contributed by atoms with E-state index in [1.165, 1.54) is 6.07 Å². The van der Waals surface area contributed by atoms with Crippen LogP contribution in [0.1, 0.15) is 34.3 Å². The smallest absolute Gasteiger partial charge is 0.254 e. The average molecular weight is 578 g/mol. The van der Waals surface area contributed by atoms with Gasteiger partial charge in [0.25, 0.3) is 5.91 Å². The van der Waals surface area contributed by atoms with Gasteiger partial charge in [-0.3, -0.25) is 4.79 Å². The molecule has 0 bridgehead atoms. The fourth-order valence-corrected chi connectivity index (χ4v) is 6.65. The average Bonchev–Trinajstić information content (AvgIpc) is 2.98. The van der Waals surface area contributed by atoms with Crippen LogP contribution in [0.15, 0.2) is 65.6 Å². The van der Waals surface area contributed by atoms with Crippen molar-refractivity contribution in [2.45, 2.75) is 37.6 Å². The number of rotatable bonds is 7. The predicted molar refractivity (Wildman–Crippen MR) is 164 cm³/mol. The second-order valence-corrected chi connectivity index (χ2v) is 12.4. The van der Waals surface area contributed by atoms with Crippen LogP contribution >= 0.6 is 0 Å². The second-order valence-electron chi connectivity index (χ2n) is 10.9. The molecule has 3 aromatic carbocycles. The van der Waals surface area contributed by atoms with Gasteiger partial charge < -0.3 is 24.8 Å². The van der Waals surface area contributed by atoms with Crippen LogP contribution in [-0.2, 0) is 10.0 Å². The molecule has 1 amide bonds. The molecule has 3 aromatic rings. The number of carbonyl (C=O) groups excluding carboxylic acids is 1. The number of hydrogen-bond acceptors (Lipinski definition) is 7. The Hall–Kier alpha value is -3.76. The molecule has 2 aliphatic heterocycles. The molecule has 0 unspecified atom stereocenters. The zero-order chi connectivity index (χ0) is 29.1. The zero-order valence-corrected chi connectivity index (χ0v) is 24.8. The summed E-state index contributed by atoms with van der Waals surface area (Å²) in [4.78, 5) is 20.0. The molecule has 0 aliphatic carbocycles. The van der Waals surface area contributed by atoms with E-state index in [0.29, 0.717) is 43.5 Å². The number of primary sulfonamides is 1. The number of amides is 1. The topological polar surface area (TPSA) is 108 Å². The number of nitrogens with one attached hydrogen (secondary N) is 1. The number of piperidine rings is 1. The molecule has 2 heterocycles. The molecule has 41 heavy (non-hydrogen) atoms. The van der Waals surface area contributed by atoms with Crippen LogP contribution in [0.25, 0.3) is 0 Å². The fourth-order valence-electron chi connectivity index (χ4n) is 5.89. The van der Waals surface area contributed by atoms with Gasteiger partial charge in [0.2, 0.25) is 10.0 Å². The van der Waals surface area contributed by atoms with Crippen LogP contribution in [0.3, 0.4) is 0 Å². The third kappa shape index (κ3) is 6.28. The van der Waals surface area contributed by atoms with E-state index in [1.54, 1.807) is 25.3 Å². The number of piperazine rings is 1. The molecule has 0 spiro atoms. The van der Waals surface area contributed by atoms with E-state index >= 15 is 0 Å². The maximum Gasteiger partial charge on any atom is 0.254 e. The first-order valence-electron chi connectivity index (χ1n) is 14.1. The molecule has 0 saturated carbocycles. The summed E-state index contributed by atoms with van der Waals surface area (Å²) in [5, 5.41) is 9.16. The fraction of sp³-hybridized carbons (Fsp3) is 0.387. The van der Waals surface area contributed by atoms with Crippen LogP contribution in [-0.4, -0.2) is 71.6 Å². The molecule has 2 aliphatic rings. The molecule has 2 fully saturated rings. The van der Waals surface area contributed by atoms with E-state index in [4.69, 9.17) is 9.88 Å². The summed E-state index contributed by atoms with van der Waals surface area (Å²) in [6.07, 6.45) is 1.97. The first-order chi connectivity index (χ1) is 19.7. The largest absolute Gasteiger partial charge is 0.495 e. The van der Waals surface area contributed by atoms with Gasteiger partial charge in [-0.25, -0.2) is 13.6 Å². The lowest BCUT2D eigenvalue weighted by Gasteiger charge is -2.37. The van der Waals surface area contributed by atoms with Crippen LogP contribution in [0.4, 0.5) is 17.1 Å². The highest BCUT2D eigenvalue weighted by molar-refractivity contribution is 7.89.